The van der Waals surface area contributed by atoms with Crippen molar-refractivity contribution in [1.82, 2.24) is 9.97 Å². The van der Waals surface area contributed by atoms with Gasteiger partial charge in [0.25, 0.3) is 0 Å². The molecule has 2 aromatic rings. The van der Waals surface area contributed by atoms with Crippen molar-refractivity contribution in [2.24, 2.45) is 0 Å². The first kappa shape index (κ1) is 18.6. The minimum absolute atomic E-state index is 0.487. The molecule has 2 heterocycles. The van der Waals surface area contributed by atoms with Crippen LogP contribution in [0.3, 0.4) is 0 Å². The summed E-state index contributed by atoms with van der Waals surface area (Å²) in [4.78, 5) is 9.26. The van der Waals surface area contributed by atoms with Gasteiger partial charge >= 0.3 is 0 Å². The van der Waals surface area contributed by atoms with Crippen LogP contribution in [0.5, 0.6) is 0 Å². The fourth-order valence-corrected chi connectivity index (χ4v) is 2.94. The third kappa shape index (κ3) is 4.90. The second-order valence-corrected chi connectivity index (χ2v) is 7.72. The van der Waals surface area contributed by atoms with Crippen molar-refractivity contribution in [3.05, 3.63) is 59.2 Å². The third-order valence-electron chi connectivity index (χ3n) is 4.99. The van der Waals surface area contributed by atoms with Crippen LogP contribution >= 0.6 is 0 Å². The molecule has 2 heteroatoms. The largest absolute Gasteiger partial charge is 0.261 e. The van der Waals surface area contributed by atoms with E-state index < -0.39 is 0 Å². The molecule has 130 valence electrons. The van der Waals surface area contributed by atoms with Crippen LogP contribution in [-0.2, 0) is 0 Å². The minimum atomic E-state index is 0.487. The first-order valence-corrected chi connectivity index (χ1v) is 9.30. The van der Waals surface area contributed by atoms with Gasteiger partial charge in [-0.3, -0.25) is 9.97 Å². The summed E-state index contributed by atoms with van der Waals surface area (Å²) in [5.41, 5.74) is 5.12. The zero-order valence-electron chi connectivity index (χ0n) is 16.1. The molecule has 0 aliphatic carbocycles. The van der Waals surface area contributed by atoms with Gasteiger partial charge in [-0.2, -0.15) is 0 Å². The summed E-state index contributed by atoms with van der Waals surface area (Å²) in [7, 11) is 0. The second-order valence-electron chi connectivity index (χ2n) is 7.72. The Labute approximate surface area is 147 Å². The van der Waals surface area contributed by atoms with Gasteiger partial charge in [0.15, 0.2) is 0 Å². The first-order valence-electron chi connectivity index (χ1n) is 9.30. The Morgan fingerprint density at radius 2 is 1.33 bits per heavy atom. The normalized spacial score (nSPS) is 14.2. The average Bonchev–Trinajstić information content (AvgIpc) is 2.59. The third-order valence-corrected chi connectivity index (χ3v) is 4.99. The Morgan fingerprint density at radius 1 is 0.708 bits per heavy atom. The molecule has 2 nitrogen and oxygen atoms in total. The molecule has 0 aliphatic heterocycles. The van der Waals surface area contributed by atoms with Gasteiger partial charge in [0, 0.05) is 23.8 Å². The Kier molecular flexibility index (Phi) is 6.53. The molecule has 0 aromatic carbocycles. The van der Waals surface area contributed by atoms with Gasteiger partial charge in [-0.05, 0) is 65.8 Å². The van der Waals surface area contributed by atoms with Crippen molar-refractivity contribution in [1.29, 1.82) is 0 Å². The van der Waals surface area contributed by atoms with Gasteiger partial charge in [0.05, 0.1) is 0 Å². The standard InChI is InChI=1S/C22H32N2/c1-15(2)19-11-12-23-22(13-19)18(6)8-7-17(5)21-10-9-20(14-24-21)16(3)4/h9-18H,7-8H2,1-6H3. The van der Waals surface area contributed by atoms with E-state index in [1.807, 2.05) is 12.4 Å². The van der Waals surface area contributed by atoms with E-state index in [2.05, 4.69) is 75.8 Å². The predicted molar refractivity (Wildman–Crippen MR) is 103 cm³/mol. The zero-order valence-corrected chi connectivity index (χ0v) is 16.1. The van der Waals surface area contributed by atoms with Crippen molar-refractivity contribution in [3.63, 3.8) is 0 Å². The lowest BCUT2D eigenvalue weighted by molar-refractivity contribution is 0.556. The number of rotatable bonds is 7. The Morgan fingerprint density at radius 3 is 1.88 bits per heavy atom. The molecule has 2 unspecified atom stereocenters. The molecule has 0 bridgehead atoms. The fraction of sp³-hybridized carbons (Fsp3) is 0.545. The summed E-state index contributed by atoms with van der Waals surface area (Å²) < 4.78 is 0. The Hall–Kier alpha value is -1.70. The molecule has 24 heavy (non-hydrogen) atoms. The van der Waals surface area contributed by atoms with Gasteiger partial charge in [-0.1, -0.05) is 47.6 Å². The van der Waals surface area contributed by atoms with Crippen LogP contribution in [0.2, 0.25) is 0 Å². The number of hydrogen-bond donors (Lipinski definition) is 0. The molecule has 2 rings (SSSR count). The highest BCUT2D eigenvalue weighted by molar-refractivity contribution is 5.22. The van der Waals surface area contributed by atoms with Crippen LogP contribution < -0.4 is 0 Å². The average molecular weight is 325 g/mol. The number of hydrogen-bond acceptors (Lipinski definition) is 2. The lowest BCUT2D eigenvalue weighted by atomic mass is 9.91. The highest BCUT2D eigenvalue weighted by atomic mass is 14.7. The van der Waals surface area contributed by atoms with Crippen molar-refractivity contribution in [2.45, 2.75) is 78.1 Å². The SMILES string of the molecule is CC(C)c1ccc(C(C)CCC(C)c2cc(C(C)C)ccn2)nc1. The molecule has 0 amide bonds. The minimum Gasteiger partial charge on any atom is -0.261 e. The maximum absolute atomic E-state index is 4.67. The van der Waals surface area contributed by atoms with Crippen molar-refractivity contribution >= 4 is 0 Å². The summed E-state index contributed by atoms with van der Waals surface area (Å²) in [5, 5.41) is 0. The molecule has 2 atom stereocenters. The topological polar surface area (TPSA) is 25.8 Å². The van der Waals surface area contributed by atoms with Crippen LogP contribution in [0.15, 0.2) is 36.7 Å². The molecule has 2 aromatic heterocycles. The molecular formula is C22H32N2. The highest BCUT2D eigenvalue weighted by Crippen LogP contribution is 2.27. The van der Waals surface area contributed by atoms with E-state index in [1.54, 1.807) is 0 Å². The Bertz CT molecular complexity index is 629. The van der Waals surface area contributed by atoms with E-state index in [9.17, 15) is 0 Å². The lowest BCUT2D eigenvalue weighted by Gasteiger charge is -2.17. The fourth-order valence-electron chi connectivity index (χ4n) is 2.94. The molecule has 0 radical (unpaired) electrons. The van der Waals surface area contributed by atoms with E-state index in [1.165, 1.54) is 22.5 Å². The molecule has 0 N–H and O–H groups in total. The molecule has 0 aliphatic rings. The van der Waals surface area contributed by atoms with E-state index in [-0.39, 0.29) is 0 Å². The van der Waals surface area contributed by atoms with Gasteiger partial charge in [-0.25, -0.2) is 0 Å². The summed E-state index contributed by atoms with van der Waals surface area (Å²) in [5.74, 6) is 2.07. The van der Waals surface area contributed by atoms with E-state index in [0.29, 0.717) is 23.7 Å². The van der Waals surface area contributed by atoms with Crippen LogP contribution in [-0.4, -0.2) is 9.97 Å². The van der Waals surface area contributed by atoms with Crippen LogP contribution in [0.4, 0.5) is 0 Å². The lowest BCUT2D eigenvalue weighted by Crippen LogP contribution is -2.03. The Balaban J connectivity index is 1.95. The first-order chi connectivity index (χ1) is 11.4. The predicted octanol–water partition coefficient (Wildman–Crippen LogP) is 6.41. The van der Waals surface area contributed by atoms with Gasteiger partial charge < -0.3 is 0 Å². The van der Waals surface area contributed by atoms with E-state index >= 15 is 0 Å². The second kappa shape index (κ2) is 8.41. The van der Waals surface area contributed by atoms with Crippen molar-refractivity contribution in [3.8, 4) is 0 Å². The smallest absolute Gasteiger partial charge is 0.0434 e. The zero-order chi connectivity index (χ0) is 17.7. The summed E-state index contributed by atoms with van der Waals surface area (Å²) >= 11 is 0. The van der Waals surface area contributed by atoms with Crippen LogP contribution in [0.25, 0.3) is 0 Å². The van der Waals surface area contributed by atoms with Crippen molar-refractivity contribution in [2.75, 3.05) is 0 Å². The summed E-state index contributed by atoms with van der Waals surface area (Å²) in [6, 6.07) is 8.82. The molecule has 0 spiro atoms. The highest BCUT2D eigenvalue weighted by Gasteiger charge is 2.13. The van der Waals surface area contributed by atoms with Crippen LogP contribution in [0.1, 0.15) is 101 Å². The maximum Gasteiger partial charge on any atom is 0.0434 e. The molecule has 0 fully saturated rings. The maximum atomic E-state index is 4.67. The van der Waals surface area contributed by atoms with Gasteiger partial charge in [0.2, 0.25) is 0 Å². The van der Waals surface area contributed by atoms with Crippen molar-refractivity contribution < 1.29 is 0 Å². The van der Waals surface area contributed by atoms with E-state index in [0.717, 1.165) is 12.8 Å². The van der Waals surface area contributed by atoms with Gasteiger partial charge in [-0.15, -0.1) is 0 Å². The molecular weight excluding hydrogens is 292 g/mol. The van der Waals surface area contributed by atoms with Gasteiger partial charge in [0.1, 0.15) is 0 Å². The number of aromatic nitrogens is 2. The molecule has 0 saturated heterocycles. The summed E-state index contributed by atoms with van der Waals surface area (Å²) in [6.45, 7) is 13.5. The van der Waals surface area contributed by atoms with Crippen LogP contribution in [0, 0.1) is 0 Å². The summed E-state index contributed by atoms with van der Waals surface area (Å²) in [6.07, 6.45) is 6.27. The van der Waals surface area contributed by atoms with E-state index in [4.69, 9.17) is 0 Å². The monoisotopic (exact) mass is 324 g/mol. The quantitative estimate of drug-likeness (QED) is 0.588. The molecule has 0 saturated carbocycles. The number of pyridine rings is 2. The number of nitrogens with zero attached hydrogens (tertiary/aromatic N) is 2.